The molecule has 0 heterocycles. The third kappa shape index (κ3) is 4.66. The van der Waals surface area contributed by atoms with Crippen LogP contribution < -0.4 is 4.74 Å². The van der Waals surface area contributed by atoms with Crippen LogP contribution in [0.2, 0.25) is 0 Å². The topological polar surface area (TPSA) is 38.7 Å². The summed E-state index contributed by atoms with van der Waals surface area (Å²) in [5.74, 6) is 0.800. The van der Waals surface area contributed by atoms with Crippen LogP contribution in [-0.2, 0) is 11.2 Å². The average Bonchev–Trinajstić information content (AvgIpc) is 2.29. The van der Waals surface area contributed by atoms with Gasteiger partial charge in [-0.2, -0.15) is 0 Å². The highest BCUT2D eigenvalue weighted by Crippen LogP contribution is 2.26. The first kappa shape index (κ1) is 14.5. The lowest BCUT2D eigenvalue weighted by Crippen LogP contribution is -2.19. The molecule has 1 aromatic rings. The van der Waals surface area contributed by atoms with Crippen LogP contribution in [0.25, 0.3) is 0 Å². The Balaban J connectivity index is 2.59. The minimum atomic E-state index is -0.384. The highest BCUT2D eigenvalue weighted by molar-refractivity contribution is 9.10. The molecule has 0 spiro atoms. The van der Waals surface area contributed by atoms with Crippen molar-refractivity contribution in [2.45, 2.75) is 32.0 Å². The zero-order valence-electron chi connectivity index (χ0n) is 10.4. The van der Waals surface area contributed by atoms with Gasteiger partial charge in [0.15, 0.2) is 0 Å². The zero-order chi connectivity index (χ0) is 12.8. The highest BCUT2D eigenvalue weighted by atomic mass is 79.9. The third-order valence-corrected chi connectivity index (χ3v) is 3.31. The predicted octanol–water partition coefficient (Wildman–Crippen LogP) is 2.79. The molecule has 17 heavy (non-hydrogen) atoms. The lowest BCUT2D eigenvalue weighted by atomic mass is 10.0. The van der Waals surface area contributed by atoms with Gasteiger partial charge in [-0.05, 0) is 53.4 Å². The summed E-state index contributed by atoms with van der Waals surface area (Å²) in [6.45, 7) is 1.95. The van der Waals surface area contributed by atoms with E-state index in [1.54, 1.807) is 14.2 Å². The van der Waals surface area contributed by atoms with E-state index in [1.807, 2.05) is 25.1 Å². The number of aliphatic hydroxyl groups excluding tert-OH is 1. The van der Waals surface area contributed by atoms with Crippen molar-refractivity contribution < 1.29 is 14.6 Å². The summed E-state index contributed by atoms with van der Waals surface area (Å²) in [4.78, 5) is 0. The van der Waals surface area contributed by atoms with E-state index in [4.69, 9.17) is 9.47 Å². The number of hydrogen-bond acceptors (Lipinski definition) is 3. The first-order valence-electron chi connectivity index (χ1n) is 5.60. The Morgan fingerprint density at radius 1 is 1.35 bits per heavy atom. The quantitative estimate of drug-likeness (QED) is 0.878. The van der Waals surface area contributed by atoms with Gasteiger partial charge in [0.1, 0.15) is 5.75 Å². The number of benzene rings is 1. The molecule has 0 amide bonds. The second-order valence-electron chi connectivity index (χ2n) is 4.11. The van der Waals surface area contributed by atoms with Crippen LogP contribution in [0, 0.1) is 0 Å². The Hall–Kier alpha value is -0.580. The summed E-state index contributed by atoms with van der Waals surface area (Å²) in [5.41, 5.74) is 1.08. The predicted molar refractivity (Wildman–Crippen MR) is 71.5 cm³/mol. The third-order valence-electron chi connectivity index (χ3n) is 2.69. The molecule has 0 aliphatic carbocycles. The van der Waals surface area contributed by atoms with E-state index >= 15 is 0 Å². The van der Waals surface area contributed by atoms with E-state index in [9.17, 15) is 5.11 Å². The Kier molecular flexibility index (Phi) is 5.95. The lowest BCUT2D eigenvalue weighted by Gasteiger charge is -2.15. The molecule has 0 aliphatic rings. The Bertz CT molecular complexity index is 355. The molecule has 96 valence electrons. The van der Waals surface area contributed by atoms with Crippen LogP contribution in [-0.4, -0.2) is 31.5 Å². The van der Waals surface area contributed by atoms with Gasteiger partial charge in [-0.25, -0.2) is 0 Å². The summed E-state index contributed by atoms with van der Waals surface area (Å²) in [5, 5.41) is 9.89. The molecule has 1 aromatic carbocycles. The summed E-state index contributed by atoms with van der Waals surface area (Å²) in [6.07, 6.45) is 0.952. The van der Waals surface area contributed by atoms with Crippen LogP contribution in [0.15, 0.2) is 22.7 Å². The van der Waals surface area contributed by atoms with Crippen molar-refractivity contribution in [2.75, 3.05) is 14.2 Å². The number of hydrogen-bond donors (Lipinski definition) is 1. The molecule has 1 N–H and O–H groups in total. The fourth-order valence-corrected chi connectivity index (χ4v) is 2.26. The van der Waals surface area contributed by atoms with Crippen molar-refractivity contribution in [3.05, 3.63) is 28.2 Å². The first-order chi connectivity index (χ1) is 8.06. The average molecular weight is 303 g/mol. The molecule has 0 aromatic heterocycles. The molecule has 1 rings (SSSR count). The van der Waals surface area contributed by atoms with E-state index in [0.29, 0.717) is 12.8 Å². The molecule has 3 nitrogen and oxygen atoms in total. The SMILES string of the molecule is COc1ccc(CC(O)CC(C)OC)cc1Br. The fraction of sp³-hybridized carbons (Fsp3) is 0.538. The molecule has 0 fully saturated rings. The van der Waals surface area contributed by atoms with E-state index in [1.165, 1.54) is 0 Å². The van der Waals surface area contributed by atoms with Crippen molar-refractivity contribution in [2.24, 2.45) is 0 Å². The molecular weight excluding hydrogens is 284 g/mol. The Morgan fingerprint density at radius 3 is 2.59 bits per heavy atom. The van der Waals surface area contributed by atoms with Gasteiger partial charge in [0, 0.05) is 7.11 Å². The van der Waals surface area contributed by atoms with E-state index < -0.39 is 0 Å². The number of rotatable bonds is 6. The summed E-state index contributed by atoms with van der Waals surface area (Å²) >= 11 is 3.43. The summed E-state index contributed by atoms with van der Waals surface area (Å²) in [7, 11) is 3.29. The standard InChI is InChI=1S/C13H19BrO3/c1-9(16-2)6-11(15)7-10-4-5-13(17-3)12(14)8-10/h4-5,8-9,11,15H,6-7H2,1-3H3. The van der Waals surface area contributed by atoms with Crippen molar-refractivity contribution in [1.82, 2.24) is 0 Å². The largest absolute Gasteiger partial charge is 0.496 e. The lowest BCUT2D eigenvalue weighted by molar-refractivity contribution is 0.0565. The number of aliphatic hydroxyl groups is 1. The smallest absolute Gasteiger partial charge is 0.133 e. The number of halogens is 1. The van der Waals surface area contributed by atoms with Gasteiger partial charge in [0.2, 0.25) is 0 Å². The molecule has 0 saturated heterocycles. The van der Waals surface area contributed by atoms with E-state index in [-0.39, 0.29) is 12.2 Å². The fourth-order valence-electron chi connectivity index (χ4n) is 1.67. The monoisotopic (exact) mass is 302 g/mol. The van der Waals surface area contributed by atoms with Gasteiger partial charge in [0.05, 0.1) is 23.8 Å². The van der Waals surface area contributed by atoms with Crippen LogP contribution >= 0.6 is 15.9 Å². The van der Waals surface area contributed by atoms with E-state index in [0.717, 1.165) is 15.8 Å². The van der Waals surface area contributed by atoms with Crippen molar-refractivity contribution >= 4 is 15.9 Å². The summed E-state index contributed by atoms with van der Waals surface area (Å²) in [6, 6.07) is 5.83. The van der Waals surface area contributed by atoms with Crippen LogP contribution in [0.4, 0.5) is 0 Å². The second-order valence-corrected chi connectivity index (χ2v) is 4.96. The Labute approximate surface area is 111 Å². The maximum Gasteiger partial charge on any atom is 0.133 e. The van der Waals surface area contributed by atoms with Crippen molar-refractivity contribution in [3.8, 4) is 5.75 Å². The van der Waals surface area contributed by atoms with Gasteiger partial charge in [-0.15, -0.1) is 0 Å². The number of ether oxygens (including phenoxy) is 2. The molecule has 0 aliphatic heterocycles. The molecular formula is C13H19BrO3. The minimum absolute atomic E-state index is 0.0756. The van der Waals surface area contributed by atoms with Gasteiger partial charge in [-0.3, -0.25) is 0 Å². The van der Waals surface area contributed by atoms with Gasteiger partial charge >= 0.3 is 0 Å². The first-order valence-corrected chi connectivity index (χ1v) is 6.39. The zero-order valence-corrected chi connectivity index (χ0v) is 12.0. The number of methoxy groups -OCH3 is 2. The molecule has 0 radical (unpaired) electrons. The van der Waals surface area contributed by atoms with Gasteiger partial charge < -0.3 is 14.6 Å². The van der Waals surface area contributed by atoms with Gasteiger partial charge in [0.25, 0.3) is 0 Å². The molecule has 0 saturated carbocycles. The van der Waals surface area contributed by atoms with Crippen LogP contribution in [0.5, 0.6) is 5.75 Å². The van der Waals surface area contributed by atoms with Crippen LogP contribution in [0.3, 0.4) is 0 Å². The van der Waals surface area contributed by atoms with E-state index in [2.05, 4.69) is 15.9 Å². The normalized spacial score (nSPS) is 14.4. The maximum absolute atomic E-state index is 9.89. The highest BCUT2D eigenvalue weighted by Gasteiger charge is 2.11. The maximum atomic E-state index is 9.89. The van der Waals surface area contributed by atoms with Gasteiger partial charge in [-0.1, -0.05) is 6.07 Å². The summed E-state index contributed by atoms with van der Waals surface area (Å²) < 4.78 is 11.2. The van der Waals surface area contributed by atoms with Crippen molar-refractivity contribution in [3.63, 3.8) is 0 Å². The molecule has 2 unspecified atom stereocenters. The van der Waals surface area contributed by atoms with Crippen molar-refractivity contribution in [1.29, 1.82) is 0 Å². The molecule has 4 heteroatoms. The molecule has 2 atom stereocenters. The second kappa shape index (κ2) is 6.99. The Morgan fingerprint density at radius 2 is 2.06 bits per heavy atom. The van der Waals surface area contributed by atoms with Crippen LogP contribution in [0.1, 0.15) is 18.9 Å². The minimum Gasteiger partial charge on any atom is -0.496 e. The molecule has 0 bridgehead atoms.